The van der Waals surface area contributed by atoms with Crippen molar-refractivity contribution in [2.75, 3.05) is 0 Å². The predicted octanol–water partition coefficient (Wildman–Crippen LogP) is 3.72. The molecular weight excluding hydrogens is 208 g/mol. The Morgan fingerprint density at radius 1 is 1.33 bits per heavy atom. The molecule has 1 N–H and O–H groups in total. The maximum atomic E-state index is 10.1. The Labute approximate surface area is 96.1 Å². The second-order valence-corrected chi connectivity index (χ2v) is 4.86. The number of halogens is 1. The molecule has 0 radical (unpaired) electrons. The number of fused-ring (bicyclic) bond motifs is 1. The molecule has 0 heterocycles. The van der Waals surface area contributed by atoms with Crippen molar-refractivity contribution < 1.29 is 5.11 Å². The van der Waals surface area contributed by atoms with Crippen LogP contribution in [0.3, 0.4) is 0 Å². The summed E-state index contributed by atoms with van der Waals surface area (Å²) in [6.45, 7) is 4.09. The lowest BCUT2D eigenvalue weighted by Crippen LogP contribution is -2.04. The summed E-state index contributed by atoms with van der Waals surface area (Å²) in [4.78, 5) is 0. The summed E-state index contributed by atoms with van der Waals surface area (Å²) in [5.41, 5.74) is 4.70. The van der Waals surface area contributed by atoms with Gasteiger partial charge < -0.3 is 5.11 Å². The van der Waals surface area contributed by atoms with E-state index in [0.29, 0.717) is 0 Å². The highest BCUT2D eigenvalue weighted by molar-refractivity contribution is 6.31. The first-order chi connectivity index (χ1) is 7.11. The Bertz CT molecular complexity index is 385. The Morgan fingerprint density at radius 2 is 2.07 bits per heavy atom. The van der Waals surface area contributed by atoms with Crippen LogP contribution in [0.2, 0.25) is 5.02 Å². The number of rotatable bonds is 0. The molecule has 2 heteroatoms. The summed E-state index contributed by atoms with van der Waals surface area (Å²) in [6, 6.07) is 2.02. The lowest BCUT2D eigenvalue weighted by molar-refractivity contribution is 0.166. The summed E-state index contributed by atoms with van der Waals surface area (Å²) >= 11 is 6.16. The molecule has 1 nitrogen and oxygen atoms in total. The van der Waals surface area contributed by atoms with Crippen molar-refractivity contribution in [1.82, 2.24) is 0 Å². The molecule has 0 aliphatic heterocycles. The zero-order chi connectivity index (χ0) is 11.0. The van der Waals surface area contributed by atoms with E-state index in [1.165, 1.54) is 17.5 Å². The van der Waals surface area contributed by atoms with Crippen molar-refractivity contribution in [3.63, 3.8) is 0 Å². The van der Waals surface area contributed by atoms with Crippen LogP contribution in [0.15, 0.2) is 6.07 Å². The molecular formula is C13H17ClO. The standard InChI is InChI=1S/C13H17ClO/c1-8-7-11(14)9(2)13-10(8)5-3-4-6-12(13)15/h7,12,15H,3-6H2,1-2H3/t12-/m0/s1. The lowest BCUT2D eigenvalue weighted by atomic mass is 9.92. The van der Waals surface area contributed by atoms with E-state index in [1.54, 1.807) is 0 Å². The van der Waals surface area contributed by atoms with Gasteiger partial charge in [0, 0.05) is 5.02 Å². The molecule has 1 aromatic carbocycles. The fraction of sp³-hybridized carbons (Fsp3) is 0.538. The van der Waals surface area contributed by atoms with Gasteiger partial charge >= 0.3 is 0 Å². The first-order valence-corrected chi connectivity index (χ1v) is 5.95. The summed E-state index contributed by atoms with van der Waals surface area (Å²) in [6.07, 6.45) is 3.90. The summed E-state index contributed by atoms with van der Waals surface area (Å²) in [5.74, 6) is 0. The van der Waals surface area contributed by atoms with Gasteiger partial charge in [0.25, 0.3) is 0 Å². The number of aliphatic hydroxyl groups is 1. The predicted molar refractivity (Wildman–Crippen MR) is 63.4 cm³/mol. The maximum Gasteiger partial charge on any atom is 0.0795 e. The topological polar surface area (TPSA) is 20.2 Å². The first kappa shape index (κ1) is 11.0. The molecule has 1 aromatic rings. The molecule has 1 atom stereocenters. The third-order valence-electron chi connectivity index (χ3n) is 3.39. The van der Waals surface area contributed by atoms with Crippen LogP contribution in [0.25, 0.3) is 0 Å². The summed E-state index contributed by atoms with van der Waals surface area (Å²) < 4.78 is 0. The highest BCUT2D eigenvalue weighted by Crippen LogP contribution is 2.36. The molecule has 0 saturated heterocycles. The molecule has 0 aromatic heterocycles. The van der Waals surface area contributed by atoms with E-state index in [2.05, 4.69) is 6.92 Å². The van der Waals surface area contributed by atoms with Gasteiger partial charge in [-0.15, -0.1) is 0 Å². The van der Waals surface area contributed by atoms with Crippen LogP contribution in [-0.4, -0.2) is 5.11 Å². The second kappa shape index (κ2) is 4.15. The van der Waals surface area contributed by atoms with Gasteiger partial charge in [0.15, 0.2) is 0 Å². The van der Waals surface area contributed by atoms with E-state index >= 15 is 0 Å². The Kier molecular flexibility index (Phi) is 3.03. The van der Waals surface area contributed by atoms with E-state index in [4.69, 9.17) is 11.6 Å². The highest BCUT2D eigenvalue weighted by Gasteiger charge is 2.21. The minimum absolute atomic E-state index is 0.320. The molecule has 0 amide bonds. The van der Waals surface area contributed by atoms with Crippen molar-refractivity contribution in [2.24, 2.45) is 0 Å². The van der Waals surface area contributed by atoms with Crippen LogP contribution in [0.5, 0.6) is 0 Å². The Balaban J connectivity index is 2.63. The lowest BCUT2D eigenvalue weighted by Gasteiger charge is -2.18. The molecule has 0 fully saturated rings. The minimum atomic E-state index is -0.320. The zero-order valence-electron chi connectivity index (χ0n) is 9.31. The Hall–Kier alpha value is -0.530. The van der Waals surface area contributed by atoms with E-state index < -0.39 is 0 Å². The third-order valence-corrected chi connectivity index (χ3v) is 3.79. The van der Waals surface area contributed by atoms with Gasteiger partial charge in [0.05, 0.1) is 6.10 Å². The quantitative estimate of drug-likeness (QED) is 0.666. The molecule has 0 bridgehead atoms. The molecule has 0 saturated carbocycles. The van der Waals surface area contributed by atoms with Crippen LogP contribution in [0, 0.1) is 13.8 Å². The van der Waals surface area contributed by atoms with E-state index in [-0.39, 0.29) is 6.10 Å². The van der Waals surface area contributed by atoms with E-state index in [0.717, 1.165) is 35.4 Å². The number of hydrogen-bond acceptors (Lipinski definition) is 1. The maximum absolute atomic E-state index is 10.1. The van der Waals surface area contributed by atoms with Crippen LogP contribution < -0.4 is 0 Å². The normalized spacial score (nSPS) is 20.9. The van der Waals surface area contributed by atoms with Crippen molar-refractivity contribution in [3.05, 3.63) is 33.3 Å². The zero-order valence-corrected chi connectivity index (χ0v) is 10.1. The molecule has 1 aliphatic carbocycles. The largest absolute Gasteiger partial charge is 0.388 e. The SMILES string of the molecule is Cc1cc(Cl)c(C)c2c1CCCC[C@@H]2O. The average Bonchev–Trinajstić information content (AvgIpc) is 2.37. The monoisotopic (exact) mass is 224 g/mol. The fourth-order valence-corrected chi connectivity index (χ4v) is 2.78. The van der Waals surface area contributed by atoms with Crippen LogP contribution in [0.1, 0.15) is 47.6 Å². The average molecular weight is 225 g/mol. The van der Waals surface area contributed by atoms with Crippen molar-refractivity contribution in [1.29, 1.82) is 0 Å². The first-order valence-electron chi connectivity index (χ1n) is 5.58. The summed E-state index contributed by atoms with van der Waals surface area (Å²) in [7, 11) is 0. The van der Waals surface area contributed by atoms with Gasteiger partial charge in [-0.25, -0.2) is 0 Å². The molecule has 0 spiro atoms. The summed E-state index contributed by atoms with van der Waals surface area (Å²) in [5, 5.41) is 10.9. The van der Waals surface area contributed by atoms with Crippen LogP contribution in [-0.2, 0) is 6.42 Å². The minimum Gasteiger partial charge on any atom is -0.388 e. The third kappa shape index (κ3) is 1.91. The van der Waals surface area contributed by atoms with Gasteiger partial charge in [-0.3, -0.25) is 0 Å². The van der Waals surface area contributed by atoms with Crippen molar-refractivity contribution in [3.8, 4) is 0 Å². The number of aliphatic hydroxyl groups excluding tert-OH is 1. The van der Waals surface area contributed by atoms with Gasteiger partial charge in [0.1, 0.15) is 0 Å². The molecule has 1 aliphatic rings. The van der Waals surface area contributed by atoms with Crippen LogP contribution in [0.4, 0.5) is 0 Å². The molecule has 82 valence electrons. The smallest absolute Gasteiger partial charge is 0.0795 e. The molecule has 15 heavy (non-hydrogen) atoms. The molecule has 2 rings (SSSR count). The van der Waals surface area contributed by atoms with Crippen molar-refractivity contribution >= 4 is 11.6 Å². The second-order valence-electron chi connectivity index (χ2n) is 4.45. The van der Waals surface area contributed by atoms with Gasteiger partial charge in [-0.1, -0.05) is 18.0 Å². The van der Waals surface area contributed by atoms with Gasteiger partial charge in [-0.05, 0) is 61.4 Å². The van der Waals surface area contributed by atoms with Gasteiger partial charge in [-0.2, -0.15) is 0 Å². The highest BCUT2D eigenvalue weighted by atomic mass is 35.5. The van der Waals surface area contributed by atoms with Gasteiger partial charge in [0.2, 0.25) is 0 Å². The van der Waals surface area contributed by atoms with Crippen LogP contribution >= 0.6 is 11.6 Å². The number of hydrogen-bond donors (Lipinski definition) is 1. The van der Waals surface area contributed by atoms with Crippen molar-refractivity contribution in [2.45, 2.75) is 45.6 Å². The van der Waals surface area contributed by atoms with E-state index in [9.17, 15) is 5.11 Å². The van der Waals surface area contributed by atoms with E-state index in [1.807, 2.05) is 13.0 Å². The molecule has 0 unspecified atom stereocenters. The Morgan fingerprint density at radius 3 is 2.80 bits per heavy atom. The fourth-order valence-electron chi connectivity index (χ4n) is 2.52. The number of benzene rings is 1. The number of aryl methyl sites for hydroxylation is 1.